The maximum absolute atomic E-state index is 8.78. The monoisotopic (exact) mass is 236 g/mol. The van der Waals surface area contributed by atoms with Gasteiger partial charge in [-0.1, -0.05) is 12.1 Å². The summed E-state index contributed by atoms with van der Waals surface area (Å²) in [4.78, 5) is 0. The molecule has 13 heavy (non-hydrogen) atoms. The maximum atomic E-state index is 8.78. The third-order valence-electron chi connectivity index (χ3n) is 2.27. The van der Waals surface area contributed by atoms with Crippen LogP contribution in [0.3, 0.4) is 0 Å². The SMILES string of the molecule is N#CC1CNc2c(Br)cccc2C1. The highest BCUT2D eigenvalue weighted by Crippen LogP contribution is 2.31. The van der Waals surface area contributed by atoms with Gasteiger partial charge in [0.2, 0.25) is 0 Å². The van der Waals surface area contributed by atoms with Gasteiger partial charge >= 0.3 is 0 Å². The molecular formula is C10H9BrN2. The van der Waals surface area contributed by atoms with Crippen LogP contribution in [0.4, 0.5) is 5.69 Å². The fourth-order valence-corrected chi connectivity index (χ4v) is 2.14. The van der Waals surface area contributed by atoms with Gasteiger partial charge in [0.05, 0.1) is 17.7 Å². The molecular weight excluding hydrogens is 228 g/mol. The summed E-state index contributed by atoms with van der Waals surface area (Å²) >= 11 is 3.48. The normalized spacial score (nSPS) is 19.8. The van der Waals surface area contributed by atoms with E-state index < -0.39 is 0 Å². The quantitative estimate of drug-likeness (QED) is 0.752. The van der Waals surface area contributed by atoms with Gasteiger partial charge in [-0.05, 0) is 34.0 Å². The Morgan fingerprint density at radius 1 is 1.54 bits per heavy atom. The molecule has 1 atom stereocenters. The first-order valence-electron chi connectivity index (χ1n) is 4.22. The van der Waals surface area contributed by atoms with Crippen molar-refractivity contribution >= 4 is 21.6 Å². The average Bonchev–Trinajstić information content (AvgIpc) is 2.18. The van der Waals surface area contributed by atoms with Crippen LogP contribution in [0, 0.1) is 17.2 Å². The molecule has 66 valence electrons. The molecule has 0 saturated heterocycles. The van der Waals surface area contributed by atoms with Crippen molar-refractivity contribution in [2.24, 2.45) is 5.92 Å². The Balaban J connectivity index is 2.37. The van der Waals surface area contributed by atoms with E-state index in [4.69, 9.17) is 5.26 Å². The van der Waals surface area contributed by atoms with Crippen molar-refractivity contribution in [3.63, 3.8) is 0 Å². The van der Waals surface area contributed by atoms with E-state index in [-0.39, 0.29) is 5.92 Å². The van der Waals surface area contributed by atoms with Crippen molar-refractivity contribution in [1.29, 1.82) is 5.26 Å². The number of hydrogen-bond acceptors (Lipinski definition) is 2. The van der Waals surface area contributed by atoms with Crippen molar-refractivity contribution in [1.82, 2.24) is 0 Å². The first kappa shape index (κ1) is 8.58. The molecule has 3 heteroatoms. The Morgan fingerprint density at radius 3 is 3.15 bits per heavy atom. The van der Waals surface area contributed by atoms with Gasteiger partial charge in [-0.2, -0.15) is 5.26 Å². The Bertz CT molecular complexity index is 368. The molecule has 2 nitrogen and oxygen atoms in total. The first-order chi connectivity index (χ1) is 6.31. The smallest absolute Gasteiger partial charge is 0.0677 e. The lowest BCUT2D eigenvalue weighted by molar-refractivity contribution is 0.673. The number of para-hydroxylation sites is 1. The number of halogens is 1. The van der Waals surface area contributed by atoms with Crippen molar-refractivity contribution in [2.45, 2.75) is 6.42 Å². The van der Waals surface area contributed by atoms with E-state index in [9.17, 15) is 0 Å². The first-order valence-corrected chi connectivity index (χ1v) is 5.01. The molecule has 0 fully saturated rings. The van der Waals surface area contributed by atoms with Gasteiger partial charge in [-0.3, -0.25) is 0 Å². The summed E-state index contributed by atoms with van der Waals surface area (Å²) in [6, 6.07) is 8.37. The van der Waals surface area contributed by atoms with E-state index in [1.165, 1.54) is 5.56 Å². The van der Waals surface area contributed by atoms with E-state index >= 15 is 0 Å². The van der Waals surface area contributed by atoms with E-state index in [2.05, 4.69) is 33.4 Å². The van der Waals surface area contributed by atoms with E-state index in [0.717, 1.165) is 23.1 Å². The van der Waals surface area contributed by atoms with Gasteiger partial charge in [-0.15, -0.1) is 0 Å². The molecule has 0 bridgehead atoms. The van der Waals surface area contributed by atoms with Gasteiger partial charge in [-0.25, -0.2) is 0 Å². The molecule has 2 rings (SSSR count). The highest BCUT2D eigenvalue weighted by molar-refractivity contribution is 9.10. The van der Waals surface area contributed by atoms with Crippen molar-refractivity contribution in [2.75, 3.05) is 11.9 Å². The molecule has 1 aromatic rings. The Labute approximate surface area is 85.7 Å². The lowest BCUT2D eigenvalue weighted by Crippen LogP contribution is -2.21. The highest BCUT2D eigenvalue weighted by Gasteiger charge is 2.18. The van der Waals surface area contributed by atoms with Gasteiger partial charge in [0.25, 0.3) is 0 Å². The van der Waals surface area contributed by atoms with Crippen LogP contribution in [0.25, 0.3) is 0 Å². The largest absolute Gasteiger partial charge is 0.383 e. The van der Waals surface area contributed by atoms with Gasteiger partial charge in [0.1, 0.15) is 0 Å². The predicted molar refractivity (Wildman–Crippen MR) is 55.4 cm³/mol. The number of benzene rings is 1. The van der Waals surface area contributed by atoms with E-state index in [1.54, 1.807) is 0 Å². The summed E-state index contributed by atoms with van der Waals surface area (Å²) < 4.78 is 1.08. The zero-order valence-corrected chi connectivity index (χ0v) is 8.63. The lowest BCUT2D eigenvalue weighted by Gasteiger charge is -2.22. The second kappa shape index (κ2) is 3.39. The lowest BCUT2D eigenvalue weighted by atomic mass is 9.95. The number of nitriles is 1. The summed E-state index contributed by atoms with van der Waals surface area (Å²) in [5.41, 5.74) is 2.38. The number of anilines is 1. The Morgan fingerprint density at radius 2 is 2.38 bits per heavy atom. The molecule has 0 spiro atoms. The Hall–Kier alpha value is -1.01. The summed E-state index contributed by atoms with van der Waals surface area (Å²) in [6.07, 6.45) is 0.859. The minimum absolute atomic E-state index is 0.113. The summed E-state index contributed by atoms with van der Waals surface area (Å²) in [6.45, 7) is 0.756. The summed E-state index contributed by atoms with van der Waals surface area (Å²) in [5, 5.41) is 12.0. The third kappa shape index (κ3) is 1.54. The molecule has 1 aliphatic heterocycles. The average molecular weight is 237 g/mol. The second-order valence-corrected chi connectivity index (χ2v) is 4.04. The molecule has 1 aromatic carbocycles. The minimum Gasteiger partial charge on any atom is -0.383 e. The number of nitrogens with zero attached hydrogens (tertiary/aromatic N) is 1. The molecule has 0 radical (unpaired) electrons. The highest BCUT2D eigenvalue weighted by atomic mass is 79.9. The second-order valence-electron chi connectivity index (χ2n) is 3.19. The number of fused-ring (bicyclic) bond motifs is 1. The van der Waals surface area contributed by atoms with Gasteiger partial charge in [0.15, 0.2) is 0 Å². The van der Waals surface area contributed by atoms with Gasteiger partial charge < -0.3 is 5.32 Å². The topological polar surface area (TPSA) is 35.8 Å². The van der Waals surface area contributed by atoms with Gasteiger partial charge in [0, 0.05) is 11.0 Å². The molecule has 1 unspecified atom stereocenters. The van der Waals surface area contributed by atoms with Crippen LogP contribution in [-0.2, 0) is 6.42 Å². The standard InChI is InChI=1S/C10H9BrN2/c11-9-3-1-2-8-4-7(5-12)6-13-10(8)9/h1-3,7,13H,4,6H2. The van der Waals surface area contributed by atoms with Crippen LogP contribution < -0.4 is 5.32 Å². The van der Waals surface area contributed by atoms with Crippen molar-refractivity contribution in [3.05, 3.63) is 28.2 Å². The summed E-state index contributed by atoms with van der Waals surface area (Å²) in [5.74, 6) is 0.113. The van der Waals surface area contributed by atoms with Crippen molar-refractivity contribution < 1.29 is 0 Å². The van der Waals surface area contributed by atoms with Crippen LogP contribution in [0.5, 0.6) is 0 Å². The molecule has 1 heterocycles. The molecule has 0 aromatic heterocycles. The zero-order chi connectivity index (χ0) is 9.26. The molecule has 0 saturated carbocycles. The van der Waals surface area contributed by atoms with Crippen LogP contribution in [0.1, 0.15) is 5.56 Å². The number of hydrogen-bond donors (Lipinski definition) is 1. The zero-order valence-electron chi connectivity index (χ0n) is 7.05. The fraction of sp³-hybridized carbons (Fsp3) is 0.300. The maximum Gasteiger partial charge on any atom is 0.0677 e. The van der Waals surface area contributed by atoms with Crippen molar-refractivity contribution in [3.8, 4) is 6.07 Å². The van der Waals surface area contributed by atoms with Crippen LogP contribution in [0.2, 0.25) is 0 Å². The number of nitrogens with one attached hydrogen (secondary N) is 1. The fourth-order valence-electron chi connectivity index (χ4n) is 1.59. The molecule has 1 aliphatic rings. The Kier molecular flexibility index (Phi) is 2.24. The predicted octanol–water partition coefficient (Wildman–Crippen LogP) is 2.56. The van der Waals surface area contributed by atoms with E-state index in [0.29, 0.717) is 0 Å². The van der Waals surface area contributed by atoms with Crippen LogP contribution in [-0.4, -0.2) is 6.54 Å². The van der Waals surface area contributed by atoms with Crippen LogP contribution >= 0.6 is 15.9 Å². The number of rotatable bonds is 0. The molecule has 0 amide bonds. The summed E-state index contributed by atoms with van der Waals surface area (Å²) in [7, 11) is 0. The molecule has 0 aliphatic carbocycles. The molecule has 1 N–H and O–H groups in total. The van der Waals surface area contributed by atoms with Crippen LogP contribution in [0.15, 0.2) is 22.7 Å². The minimum atomic E-state index is 0.113. The van der Waals surface area contributed by atoms with E-state index in [1.807, 2.05) is 12.1 Å². The third-order valence-corrected chi connectivity index (χ3v) is 2.93.